The van der Waals surface area contributed by atoms with Crippen LogP contribution in [-0.4, -0.2) is 6.16 Å². The monoisotopic (exact) mass is 658 g/mol. The van der Waals surface area contributed by atoms with Crippen molar-refractivity contribution in [2.75, 3.05) is 6.16 Å². The summed E-state index contributed by atoms with van der Waals surface area (Å²) in [5, 5.41) is 3.37. The topological polar surface area (TPSA) is 0 Å². The molecule has 3 unspecified atom stereocenters. The molecule has 176 valence electrons. The van der Waals surface area contributed by atoms with Gasteiger partial charge >= 0.3 is 216 Å². The number of rotatable bonds is 4. The molecule has 0 spiro atoms. The average Bonchev–Trinajstić information content (AvgIpc) is 3.43. The fraction of sp³-hybridized carbons (Fsp3) is 0.125. The summed E-state index contributed by atoms with van der Waals surface area (Å²) >= 11 is -1.12. The third kappa shape index (κ3) is 3.83. The third-order valence-electron chi connectivity index (χ3n) is 7.51. The zero-order valence-electron chi connectivity index (χ0n) is 20.0. The molecule has 0 N–H and O–H groups in total. The van der Waals surface area contributed by atoms with Crippen LogP contribution in [0.2, 0.25) is 0 Å². The fourth-order valence-electron chi connectivity index (χ4n) is 5.99. The summed E-state index contributed by atoms with van der Waals surface area (Å²) < 4.78 is 1.36. The zero-order valence-corrected chi connectivity index (χ0v) is 24.4. The molecule has 1 heterocycles. The van der Waals surface area contributed by atoms with E-state index in [-0.39, 0.29) is 17.3 Å². The number of allylic oxidation sites excluding steroid dienone is 2. The summed E-state index contributed by atoms with van der Waals surface area (Å²) in [7, 11) is -0.259. The van der Waals surface area contributed by atoms with E-state index in [9.17, 15) is 0 Å². The molecule has 0 saturated heterocycles. The maximum Gasteiger partial charge on any atom is -1.00 e. The van der Waals surface area contributed by atoms with Gasteiger partial charge in [0.1, 0.15) is 0 Å². The molecule has 0 radical (unpaired) electrons. The standard InChI is InChI=1S/C17H14P.C15H11.2FH.Hf/c1-2-18-13-10-12-6-5-8-14(16(12)11-13)15-7-3-4-9-17(15)18;1-2-6-12(7-3-1)14-10-4-8-13-9-5-11-15(13)14;;;/h3-11H,2H2,1H3;1-11H;2*1H;/q;;;;+2/p-2. The Hall–Kier alpha value is -2.48. The summed E-state index contributed by atoms with van der Waals surface area (Å²) in [6.45, 7) is 2.40. The van der Waals surface area contributed by atoms with Crippen LogP contribution in [0, 0.1) is 0 Å². The van der Waals surface area contributed by atoms with Crippen molar-refractivity contribution >= 4 is 25.4 Å². The van der Waals surface area contributed by atoms with Crippen LogP contribution in [0.15, 0.2) is 102 Å². The van der Waals surface area contributed by atoms with Gasteiger partial charge in [-0.15, -0.1) is 0 Å². The summed E-state index contributed by atoms with van der Waals surface area (Å²) in [4.78, 5) is 0. The van der Waals surface area contributed by atoms with Gasteiger partial charge in [-0.05, 0) is 0 Å². The van der Waals surface area contributed by atoms with Crippen molar-refractivity contribution in [1.29, 1.82) is 0 Å². The van der Waals surface area contributed by atoms with Crippen LogP contribution in [0.4, 0.5) is 0 Å². The van der Waals surface area contributed by atoms with Crippen LogP contribution in [0.25, 0.3) is 34.4 Å². The minimum atomic E-state index is -1.12. The minimum Gasteiger partial charge on any atom is -1.00 e. The molecular formula is C32H25F2HfP. The molecule has 3 aliphatic rings. The van der Waals surface area contributed by atoms with E-state index >= 15 is 0 Å². The quantitative estimate of drug-likeness (QED) is 0.234. The summed E-state index contributed by atoms with van der Waals surface area (Å²) in [5.41, 5.74) is 11.8. The molecule has 0 amide bonds. The van der Waals surface area contributed by atoms with E-state index in [1.54, 1.807) is 21.7 Å². The van der Waals surface area contributed by atoms with Crippen LogP contribution in [0.3, 0.4) is 0 Å². The van der Waals surface area contributed by atoms with Crippen molar-refractivity contribution in [2.24, 2.45) is 0 Å². The van der Waals surface area contributed by atoms with Gasteiger partial charge in [-0.25, -0.2) is 0 Å². The molecule has 0 aromatic heterocycles. The van der Waals surface area contributed by atoms with Crippen molar-refractivity contribution in [2.45, 2.75) is 14.3 Å². The maximum atomic E-state index is 2.62. The molecule has 4 heteroatoms. The van der Waals surface area contributed by atoms with E-state index in [2.05, 4.69) is 116 Å². The number of hydrogen-bond donors (Lipinski definition) is 0. The van der Waals surface area contributed by atoms with Gasteiger partial charge in [0.25, 0.3) is 0 Å². The first-order chi connectivity index (χ1) is 16.8. The third-order valence-corrected chi connectivity index (χ3v) is 17.5. The van der Waals surface area contributed by atoms with Crippen LogP contribution >= 0.6 is 7.92 Å². The zero-order chi connectivity index (χ0) is 22.6. The van der Waals surface area contributed by atoms with Crippen LogP contribution in [-0.2, 0) is 22.9 Å². The summed E-state index contributed by atoms with van der Waals surface area (Å²) in [5.74, 6) is 0. The number of fused-ring (bicyclic) bond motifs is 3. The molecule has 36 heavy (non-hydrogen) atoms. The molecule has 4 aromatic carbocycles. The molecular weight excluding hydrogens is 632 g/mol. The summed E-state index contributed by atoms with van der Waals surface area (Å²) in [6.07, 6.45) is 8.84. The average molecular weight is 657 g/mol. The fourth-order valence-corrected chi connectivity index (χ4v) is 16.8. The molecule has 3 atom stereocenters. The van der Waals surface area contributed by atoms with E-state index in [0.717, 1.165) is 0 Å². The molecule has 4 aromatic rings. The summed E-state index contributed by atoms with van der Waals surface area (Å²) in [6, 6.07) is 34.2. The van der Waals surface area contributed by atoms with Gasteiger partial charge in [-0.2, -0.15) is 0 Å². The predicted molar refractivity (Wildman–Crippen MR) is 143 cm³/mol. The number of benzene rings is 4. The molecule has 2 aliphatic carbocycles. The number of halogens is 2. The first kappa shape index (κ1) is 25.2. The van der Waals surface area contributed by atoms with Gasteiger partial charge in [-0.1, -0.05) is 0 Å². The predicted octanol–water partition coefficient (Wildman–Crippen LogP) is 2.42. The van der Waals surface area contributed by atoms with Crippen molar-refractivity contribution in [3.05, 3.63) is 125 Å². The van der Waals surface area contributed by atoms with Crippen molar-refractivity contribution in [1.82, 2.24) is 0 Å². The Morgan fingerprint density at radius 3 is 2.19 bits per heavy atom. The Bertz CT molecular complexity index is 1490. The molecule has 0 saturated carbocycles. The van der Waals surface area contributed by atoms with Crippen molar-refractivity contribution < 1.29 is 32.3 Å². The Labute approximate surface area is 224 Å². The van der Waals surface area contributed by atoms with Gasteiger partial charge in [0.2, 0.25) is 0 Å². The first-order valence-electron chi connectivity index (χ1n) is 12.2. The van der Waals surface area contributed by atoms with Crippen molar-refractivity contribution in [3.63, 3.8) is 0 Å². The van der Waals surface area contributed by atoms with Crippen molar-refractivity contribution in [3.8, 4) is 22.3 Å². The smallest absolute Gasteiger partial charge is 1.00 e. The van der Waals surface area contributed by atoms with Gasteiger partial charge < -0.3 is 9.41 Å². The Morgan fingerprint density at radius 1 is 0.694 bits per heavy atom. The van der Waals surface area contributed by atoms with E-state index in [1.165, 1.54) is 39.5 Å². The molecule has 0 nitrogen and oxygen atoms in total. The van der Waals surface area contributed by atoms with E-state index < -0.39 is 22.9 Å². The SMILES string of the molecule is CCP1C2=Cc3c(cccc3[CH]2[Hf+2][CH]2C=Cc3c(-c4ccccc4)cccc32)-c2ccccc21.[F-].[F-]. The Balaban J connectivity index is 0.00000133. The van der Waals surface area contributed by atoms with Crippen LogP contribution in [0.5, 0.6) is 0 Å². The first-order valence-corrected chi connectivity index (χ1v) is 17.8. The van der Waals surface area contributed by atoms with Gasteiger partial charge in [0, 0.05) is 0 Å². The van der Waals surface area contributed by atoms with Crippen LogP contribution < -0.4 is 14.7 Å². The minimum absolute atomic E-state index is 0. The number of hydrogen-bond acceptors (Lipinski definition) is 0. The second kappa shape index (κ2) is 10.1. The van der Waals surface area contributed by atoms with Gasteiger partial charge in [0.15, 0.2) is 0 Å². The largest absolute Gasteiger partial charge is 1.00 e. The normalized spacial score (nSPS) is 19.7. The Kier molecular flexibility index (Phi) is 7.07. The molecule has 1 aliphatic heterocycles. The maximum absolute atomic E-state index is 2.62. The van der Waals surface area contributed by atoms with E-state index in [0.29, 0.717) is 7.35 Å². The molecule has 0 fully saturated rings. The van der Waals surface area contributed by atoms with Gasteiger partial charge in [-0.3, -0.25) is 0 Å². The Morgan fingerprint density at radius 2 is 1.39 bits per heavy atom. The molecule has 7 rings (SSSR count). The second-order valence-corrected chi connectivity index (χ2v) is 17.2. The van der Waals surface area contributed by atoms with E-state index in [1.807, 2.05) is 0 Å². The second-order valence-electron chi connectivity index (χ2n) is 9.25. The van der Waals surface area contributed by atoms with Gasteiger partial charge in [0.05, 0.1) is 0 Å². The molecule has 2 bridgehead atoms. The van der Waals surface area contributed by atoms with Crippen LogP contribution in [0.1, 0.15) is 36.5 Å². The van der Waals surface area contributed by atoms with E-state index in [4.69, 9.17) is 0 Å².